The molecule has 7 heteroatoms. The molecule has 0 amide bonds. The Morgan fingerprint density at radius 1 is 1.38 bits per heavy atom. The fraction of sp³-hybridized carbons (Fsp3) is 0.286. The smallest absolute Gasteiger partial charge is 0.293 e. The van der Waals surface area contributed by atoms with Gasteiger partial charge in [0.15, 0.2) is 0 Å². The number of benzene rings is 1. The van der Waals surface area contributed by atoms with E-state index in [9.17, 15) is 13.2 Å². The summed E-state index contributed by atoms with van der Waals surface area (Å²) < 4.78 is 38.4. The number of nitrogens with zero attached hydrogens (tertiary/aromatic N) is 2. The molecule has 2 N–H and O–H groups in total. The van der Waals surface area contributed by atoms with Crippen molar-refractivity contribution < 1.29 is 13.2 Å². The summed E-state index contributed by atoms with van der Waals surface area (Å²) in [5.74, 6) is 5.96. The fourth-order valence-corrected chi connectivity index (χ4v) is 1.86. The maximum atomic E-state index is 12.8. The van der Waals surface area contributed by atoms with Crippen LogP contribution >= 0.6 is 0 Å². The molecule has 110 valence electrons. The molecule has 1 aromatic carbocycles. The van der Waals surface area contributed by atoms with Crippen molar-refractivity contribution in [2.45, 2.75) is 19.1 Å². The molecule has 1 aromatic heterocycles. The summed E-state index contributed by atoms with van der Waals surface area (Å²) in [6.45, 7) is 2.02. The molecule has 0 saturated heterocycles. The van der Waals surface area contributed by atoms with Gasteiger partial charge in [-0.1, -0.05) is 18.1 Å². The topological polar surface area (TPSA) is 53.6 Å². The van der Waals surface area contributed by atoms with Crippen LogP contribution in [0.1, 0.15) is 29.9 Å². The van der Waals surface area contributed by atoms with Crippen molar-refractivity contribution in [2.24, 2.45) is 0 Å². The zero-order chi connectivity index (χ0) is 15.3. The van der Waals surface area contributed by atoms with E-state index in [2.05, 4.69) is 32.3 Å². The molecule has 0 saturated carbocycles. The lowest BCUT2D eigenvalue weighted by atomic mass is 10.0. The molecule has 0 radical (unpaired) electrons. The first kappa shape index (κ1) is 15.1. The molecule has 0 aliphatic rings. The van der Waals surface area contributed by atoms with E-state index in [4.69, 9.17) is 0 Å². The molecule has 0 aliphatic heterocycles. The van der Waals surface area contributed by atoms with Gasteiger partial charge >= 0.3 is 6.18 Å². The van der Waals surface area contributed by atoms with Gasteiger partial charge < -0.3 is 0 Å². The highest BCUT2D eigenvalue weighted by Crippen LogP contribution is 2.31. The zero-order valence-corrected chi connectivity index (χ0v) is 11.2. The maximum absolute atomic E-state index is 12.8. The Labute approximate surface area is 119 Å². The van der Waals surface area contributed by atoms with Gasteiger partial charge in [0.1, 0.15) is 12.2 Å². The van der Waals surface area contributed by atoms with Gasteiger partial charge in [-0.25, -0.2) is 4.98 Å². The number of hydrogen-bond donors (Lipinski definition) is 2. The van der Waals surface area contributed by atoms with Crippen LogP contribution in [0.25, 0.3) is 0 Å². The molecule has 0 unspecified atom stereocenters. The maximum Gasteiger partial charge on any atom is 0.416 e. The van der Waals surface area contributed by atoms with Crippen molar-refractivity contribution in [3.05, 3.63) is 47.5 Å². The Hall–Kier alpha value is -2.33. The number of rotatable bonds is 4. The first-order valence-corrected chi connectivity index (χ1v) is 6.18. The average Bonchev–Trinajstić information content (AvgIpc) is 2.97. The molecule has 0 spiro atoms. The molecule has 0 bridgehead atoms. The first-order chi connectivity index (χ1) is 10.0. The minimum Gasteiger partial charge on any atom is -0.293 e. The fourth-order valence-electron chi connectivity index (χ4n) is 1.86. The van der Waals surface area contributed by atoms with Crippen molar-refractivity contribution in [1.29, 1.82) is 0 Å². The van der Waals surface area contributed by atoms with E-state index in [1.54, 1.807) is 13.0 Å². The SMILES string of the molecule is CC#CCN[C@@H](c1cccc(C(F)(F)F)c1)c1ncn[nH]1. The van der Waals surface area contributed by atoms with Gasteiger partial charge in [-0.3, -0.25) is 10.4 Å². The second-order valence-corrected chi connectivity index (χ2v) is 4.23. The molecule has 1 heterocycles. The quantitative estimate of drug-likeness (QED) is 0.852. The van der Waals surface area contributed by atoms with E-state index in [1.807, 2.05) is 0 Å². The average molecular weight is 294 g/mol. The standard InChI is InChI=1S/C14H13F3N4/c1-2-3-7-18-12(13-19-9-20-21-13)10-5-4-6-11(8-10)14(15,16)17/h4-6,8-9,12,18H,7H2,1H3,(H,19,20,21)/t12-/m0/s1. The largest absolute Gasteiger partial charge is 0.416 e. The number of aromatic nitrogens is 3. The zero-order valence-electron chi connectivity index (χ0n) is 11.2. The summed E-state index contributed by atoms with van der Waals surface area (Å²) in [6.07, 6.45) is -3.08. The molecular weight excluding hydrogens is 281 g/mol. The minimum atomic E-state index is -4.38. The first-order valence-electron chi connectivity index (χ1n) is 6.18. The highest BCUT2D eigenvalue weighted by Gasteiger charge is 2.31. The van der Waals surface area contributed by atoms with Crippen LogP contribution in [0.4, 0.5) is 13.2 Å². The van der Waals surface area contributed by atoms with Gasteiger partial charge in [-0.15, -0.1) is 5.92 Å². The van der Waals surface area contributed by atoms with Gasteiger partial charge in [-0.05, 0) is 24.6 Å². The second kappa shape index (κ2) is 6.41. The number of aromatic amines is 1. The van der Waals surface area contributed by atoms with E-state index >= 15 is 0 Å². The lowest BCUT2D eigenvalue weighted by Gasteiger charge is -2.17. The van der Waals surface area contributed by atoms with Crippen LogP contribution in [0.15, 0.2) is 30.6 Å². The van der Waals surface area contributed by atoms with Gasteiger partial charge in [0.05, 0.1) is 18.2 Å². The van der Waals surface area contributed by atoms with Crippen LogP contribution in [0.2, 0.25) is 0 Å². The Morgan fingerprint density at radius 3 is 2.81 bits per heavy atom. The van der Waals surface area contributed by atoms with Gasteiger partial charge in [0, 0.05) is 0 Å². The van der Waals surface area contributed by atoms with Crippen molar-refractivity contribution in [3.8, 4) is 11.8 Å². The Kier molecular flexibility index (Phi) is 4.60. The summed E-state index contributed by atoms with van der Waals surface area (Å²) in [4.78, 5) is 4.00. The molecule has 4 nitrogen and oxygen atoms in total. The molecule has 21 heavy (non-hydrogen) atoms. The molecule has 2 rings (SSSR count). The van der Waals surface area contributed by atoms with Crippen molar-refractivity contribution in [3.63, 3.8) is 0 Å². The van der Waals surface area contributed by atoms with Crippen molar-refractivity contribution in [1.82, 2.24) is 20.5 Å². The molecule has 1 atom stereocenters. The number of H-pyrrole nitrogens is 1. The summed E-state index contributed by atoms with van der Waals surface area (Å²) in [5, 5.41) is 9.44. The summed E-state index contributed by atoms with van der Waals surface area (Å²) in [5.41, 5.74) is -0.257. The van der Waals surface area contributed by atoms with Crippen LogP contribution in [0, 0.1) is 11.8 Å². The van der Waals surface area contributed by atoms with Crippen molar-refractivity contribution in [2.75, 3.05) is 6.54 Å². The van der Waals surface area contributed by atoms with Crippen LogP contribution in [-0.2, 0) is 6.18 Å². The van der Waals surface area contributed by atoms with Crippen LogP contribution in [0.5, 0.6) is 0 Å². The summed E-state index contributed by atoms with van der Waals surface area (Å²) in [7, 11) is 0. The van der Waals surface area contributed by atoms with Gasteiger partial charge in [0.2, 0.25) is 0 Å². The third-order valence-corrected chi connectivity index (χ3v) is 2.83. The summed E-state index contributed by atoms with van der Waals surface area (Å²) >= 11 is 0. The van der Waals surface area contributed by atoms with E-state index in [1.165, 1.54) is 12.4 Å². The van der Waals surface area contributed by atoms with E-state index in [-0.39, 0.29) is 0 Å². The lowest BCUT2D eigenvalue weighted by Crippen LogP contribution is -2.24. The van der Waals surface area contributed by atoms with Gasteiger partial charge in [0.25, 0.3) is 0 Å². The Balaban J connectivity index is 2.34. The summed E-state index contributed by atoms with van der Waals surface area (Å²) in [6, 6.07) is 4.58. The molecule has 2 aromatic rings. The lowest BCUT2D eigenvalue weighted by molar-refractivity contribution is -0.137. The molecule has 0 fully saturated rings. The van der Waals surface area contributed by atoms with E-state index in [0.29, 0.717) is 17.9 Å². The normalized spacial score (nSPS) is 12.6. The Morgan fingerprint density at radius 2 is 2.19 bits per heavy atom. The third-order valence-electron chi connectivity index (χ3n) is 2.83. The van der Waals surface area contributed by atoms with Gasteiger partial charge in [-0.2, -0.15) is 18.3 Å². The Bertz CT molecular complexity index is 638. The predicted molar refractivity (Wildman–Crippen MR) is 71.1 cm³/mol. The van der Waals surface area contributed by atoms with Crippen LogP contribution < -0.4 is 5.32 Å². The van der Waals surface area contributed by atoms with E-state index < -0.39 is 17.8 Å². The number of alkyl halides is 3. The van der Waals surface area contributed by atoms with Crippen LogP contribution in [0.3, 0.4) is 0 Å². The highest BCUT2D eigenvalue weighted by atomic mass is 19.4. The number of hydrogen-bond acceptors (Lipinski definition) is 3. The van der Waals surface area contributed by atoms with Crippen molar-refractivity contribution >= 4 is 0 Å². The number of nitrogens with one attached hydrogen (secondary N) is 2. The predicted octanol–water partition coefficient (Wildman–Crippen LogP) is 2.53. The number of halogens is 3. The molecule has 0 aliphatic carbocycles. The minimum absolute atomic E-state index is 0.331. The highest BCUT2D eigenvalue weighted by molar-refractivity contribution is 5.31. The third kappa shape index (κ3) is 3.83. The van der Waals surface area contributed by atoms with E-state index in [0.717, 1.165) is 12.1 Å². The monoisotopic (exact) mass is 294 g/mol. The molecular formula is C14H13F3N4. The van der Waals surface area contributed by atoms with Crippen LogP contribution in [-0.4, -0.2) is 21.7 Å². The second-order valence-electron chi connectivity index (χ2n) is 4.23.